The molecule has 0 aliphatic heterocycles. The first-order valence-electron chi connectivity index (χ1n) is 5.65. The van der Waals surface area contributed by atoms with Gasteiger partial charge in [0.1, 0.15) is 0 Å². The Labute approximate surface area is 106 Å². The van der Waals surface area contributed by atoms with Crippen LogP contribution in [0.1, 0.15) is 5.69 Å². The Kier molecular flexibility index (Phi) is 3.82. The Hall–Kier alpha value is -1.32. The second-order valence-corrected chi connectivity index (χ2v) is 4.42. The molecule has 2 aromatic rings. The van der Waals surface area contributed by atoms with Crippen molar-refractivity contribution in [2.45, 2.75) is 13.5 Å². The van der Waals surface area contributed by atoms with Crippen LogP contribution in [0.5, 0.6) is 0 Å². The van der Waals surface area contributed by atoms with Gasteiger partial charge in [0.25, 0.3) is 0 Å². The molecule has 0 saturated carbocycles. The zero-order valence-corrected chi connectivity index (χ0v) is 10.8. The van der Waals surface area contributed by atoms with Crippen LogP contribution in [0, 0.1) is 6.92 Å². The second kappa shape index (κ2) is 5.34. The van der Waals surface area contributed by atoms with Gasteiger partial charge in [-0.05, 0) is 31.7 Å². The molecule has 0 bridgehead atoms. The summed E-state index contributed by atoms with van der Waals surface area (Å²) < 4.78 is 2.01. The molecule has 0 amide bonds. The molecule has 17 heavy (non-hydrogen) atoms. The van der Waals surface area contributed by atoms with E-state index in [-0.39, 0.29) is 0 Å². The summed E-state index contributed by atoms with van der Waals surface area (Å²) in [7, 11) is 1.94. The van der Waals surface area contributed by atoms with Gasteiger partial charge in [-0.15, -0.1) is 0 Å². The quantitative estimate of drug-likeness (QED) is 0.903. The third kappa shape index (κ3) is 2.68. The predicted octanol–water partition coefficient (Wildman–Crippen LogP) is 2.73. The van der Waals surface area contributed by atoms with Crippen molar-refractivity contribution in [1.29, 1.82) is 0 Å². The summed E-state index contributed by atoms with van der Waals surface area (Å²) in [6.07, 6.45) is 1.90. The first-order valence-corrected chi connectivity index (χ1v) is 6.03. The molecular formula is C13H16ClN3. The van der Waals surface area contributed by atoms with E-state index >= 15 is 0 Å². The van der Waals surface area contributed by atoms with Crippen LogP contribution in [-0.4, -0.2) is 23.4 Å². The van der Waals surface area contributed by atoms with E-state index in [4.69, 9.17) is 11.6 Å². The summed E-state index contributed by atoms with van der Waals surface area (Å²) in [4.78, 5) is 0. The fourth-order valence-corrected chi connectivity index (χ4v) is 2.02. The number of likely N-dealkylation sites (N-methyl/N-ethyl adjacent to an activating group) is 1. The third-order valence-corrected chi connectivity index (χ3v) is 3.05. The van der Waals surface area contributed by atoms with Crippen LogP contribution in [0.2, 0.25) is 5.02 Å². The number of hydrogen-bond acceptors (Lipinski definition) is 2. The maximum Gasteiger partial charge on any atom is 0.0571 e. The molecule has 0 fully saturated rings. The van der Waals surface area contributed by atoms with E-state index in [0.717, 1.165) is 29.2 Å². The van der Waals surface area contributed by atoms with Crippen molar-refractivity contribution < 1.29 is 0 Å². The van der Waals surface area contributed by atoms with Gasteiger partial charge in [-0.3, -0.25) is 4.68 Å². The van der Waals surface area contributed by atoms with Gasteiger partial charge >= 0.3 is 0 Å². The van der Waals surface area contributed by atoms with Crippen molar-refractivity contribution in [3.63, 3.8) is 0 Å². The second-order valence-electron chi connectivity index (χ2n) is 3.98. The van der Waals surface area contributed by atoms with Crippen molar-refractivity contribution in [2.75, 3.05) is 13.6 Å². The predicted molar refractivity (Wildman–Crippen MR) is 71.3 cm³/mol. The number of benzene rings is 1. The normalized spacial score (nSPS) is 10.8. The first kappa shape index (κ1) is 12.1. The van der Waals surface area contributed by atoms with E-state index in [1.165, 1.54) is 5.69 Å². The molecule has 0 atom stereocenters. The summed E-state index contributed by atoms with van der Waals surface area (Å²) in [5, 5.41) is 8.27. The molecule has 90 valence electrons. The monoisotopic (exact) mass is 249 g/mol. The lowest BCUT2D eigenvalue weighted by Gasteiger charge is -2.05. The minimum Gasteiger partial charge on any atom is -0.318 e. The minimum atomic E-state index is 0.755. The van der Waals surface area contributed by atoms with E-state index in [2.05, 4.69) is 23.4 Å². The molecule has 1 aromatic carbocycles. The van der Waals surface area contributed by atoms with Crippen LogP contribution in [0.3, 0.4) is 0 Å². The summed E-state index contributed by atoms with van der Waals surface area (Å²) in [6.45, 7) is 3.87. The molecule has 0 spiro atoms. The van der Waals surface area contributed by atoms with E-state index in [0.29, 0.717) is 0 Å². The number of nitrogens with one attached hydrogen (secondary N) is 1. The summed E-state index contributed by atoms with van der Waals surface area (Å²) in [6, 6.07) is 7.86. The maximum atomic E-state index is 6.00. The highest BCUT2D eigenvalue weighted by Gasteiger charge is 2.08. The van der Waals surface area contributed by atoms with Gasteiger partial charge in [0, 0.05) is 22.8 Å². The summed E-state index contributed by atoms with van der Waals surface area (Å²) >= 11 is 6.00. The molecule has 1 N–H and O–H groups in total. The van der Waals surface area contributed by atoms with Crippen LogP contribution in [0.25, 0.3) is 11.1 Å². The number of hydrogen-bond donors (Lipinski definition) is 1. The Balaban J connectivity index is 2.30. The highest BCUT2D eigenvalue weighted by atomic mass is 35.5. The Bertz CT molecular complexity index is 505. The van der Waals surface area contributed by atoms with Crippen LogP contribution >= 0.6 is 11.6 Å². The fraction of sp³-hybridized carbons (Fsp3) is 0.308. The lowest BCUT2D eigenvalue weighted by molar-refractivity contribution is 0.572. The van der Waals surface area contributed by atoms with E-state index in [1.807, 2.05) is 36.1 Å². The highest BCUT2D eigenvalue weighted by Crippen LogP contribution is 2.25. The molecule has 0 saturated heterocycles. The molecule has 1 aromatic heterocycles. The molecule has 2 rings (SSSR count). The first-order chi connectivity index (χ1) is 8.22. The number of rotatable bonds is 4. The lowest BCUT2D eigenvalue weighted by atomic mass is 10.1. The molecule has 0 aliphatic rings. The van der Waals surface area contributed by atoms with Crippen molar-refractivity contribution in [1.82, 2.24) is 15.1 Å². The Morgan fingerprint density at radius 2 is 2.24 bits per heavy atom. The maximum absolute atomic E-state index is 6.00. The number of aromatic nitrogens is 2. The molecule has 0 radical (unpaired) electrons. The van der Waals surface area contributed by atoms with E-state index in [9.17, 15) is 0 Å². The smallest absolute Gasteiger partial charge is 0.0571 e. The molecule has 0 aliphatic carbocycles. The van der Waals surface area contributed by atoms with Crippen molar-refractivity contribution in [2.24, 2.45) is 0 Å². The van der Waals surface area contributed by atoms with Gasteiger partial charge in [-0.25, -0.2) is 0 Å². The number of nitrogens with zero attached hydrogens (tertiary/aromatic N) is 2. The average molecular weight is 250 g/mol. The van der Waals surface area contributed by atoms with Crippen LogP contribution < -0.4 is 5.32 Å². The van der Waals surface area contributed by atoms with Crippen molar-refractivity contribution in [3.8, 4) is 11.1 Å². The zero-order valence-electron chi connectivity index (χ0n) is 10.1. The topological polar surface area (TPSA) is 29.9 Å². The van der Waals surface area contributed by atoms with Crippen molar-refractivity contribution >= 4 is 11.6 Å². The van der Waals surface area contributed by atoms with Crippen molar-refractivity contribution in [3.05, 3.63) is 41.2 Å². The van der Waals surface area contributed by atoms with Gasteiger partial charge in [-0.1, -0.05) is 23.7 Å². The SMILES string of the molecule is CNCCn1ncc(-c2cccc(Cl)c2)c1C. The zero-order chi connectivity index (χ0) is 12.3. The average Bonchev–Trinajstić information content (AvgIpc) is 2.68. The Morgan fingerprint density at radius 1 is 1.41 bits per heavy atom. The largest absolute Gasteiger partial charge is 0.318 e. The lowest BCUT2D eigenvalue weighted by Crippen LogP contribution is -2.16. The number of halogens is 1. The minimum absolute atomic E-state index is 0.755. The molecule has 3 nitrogen and oxygen atoms in total. The highest BCUT2D eigenvalue weighted by molar-refractivity contribution is 6.30. The van der Waals surface area contributed by atoms with Gasteiger partial charge in [0.15, 0.2) is 0 Å². The van der Waals surface area contributed by atoms with E-state index < -0.39 is 0 Å². The summed E-state index contributed by atoms with van der Waals surface area (Å²) in [5.74, 6) is 0. The Morgan fingerprint density at radius 3 is 2.94 bits per heavy atom. The van der Waals surface area contributed by atoms with Crippen LogP contribution in [0.4, 0.5) is 0 Å². The van der Waals surface area contributed by atoms with Gasteiger partial charge in [-0.2, -0.15) is 5.10 Å². The van der Waals surface area contributed by atoms with Gasteiger partial charge in [0.05, 0.1) is 12.7 Å². The van der Waals surface area contributed by atoms with Crippen LogP contribution in [-0.2, 0) is 6.54 Å². The third-order valence-electron chi connectivity index (χ3n) is 2.81. The fourth-order valence-electron chi connectivity index (χ4n) is 1.83. The van der Waals surface area contributed by atoms with Crippen LogP contribution in [0.15, 0.2) is 30.5 Å². The standard InChI is InChI=1S/C13H16ClN3/c1-10-13(9-16-17(10)7-6-15-2)11-4-3-5-12(14)8-11/h3-5,8-9,15H,6-7H2,1-2H3. The molecule has 1 heterocycles. The van der Waals surface area contributed by atoms with E-state index in [1.54, 1.807) is 0 Å². The molecule has 4 heteroatoms. The van der Waals surface area contributed by atoms with Gasteiger partial charge < -0.3 is 5.32 Å². The molecular weight excluding hydrogens is 234 g/mol. The van der Waals surface area contributed by atoms with Gasteiger partial charge in [0.2, 0.25) is 0 Å². The molecule has 0 unspecified atom stereocenters. The summed E-state index contributed by atoms with van der Waals surface area (Å²) in [5.41, 5.74) is 3.43.